The molecule has 2 aliphatic rings. The van der Waals surface area contributed by atoms with Crippen LogP contribution in [0.3, 0.4) is 0 Å². The lowest BCUT2D eigenvalue weighted by Crippen LogP contribution is -2.46. The maximum Gasteiger partial charge on any atom is 0.127 e. The van der Waals surface area contributed by atoms with Crippen LogP contribution in [-0.2, 0) is 6.54 Å². The molecule has 2 bridgehead atoms. The lowest BCUT2D eigenvalue weighted by molar-refractivity contribution is 0.164. The maximum absolute atomic E-state index is 13.6. The minimum Gasteiger partial charge on any atom is -0.311 e. The predicted octanol–water partition coefficient (Wildman–Crippen LogP) is 2.96. The summed E-state index contributed by atoms with van der Waals surface area (Å²) in [6.45, 7) is 0.719. The third-order valence-electron chi connectivity index (χ3n) is 4.45. The number of piperidine rings is 1. The van der Waals surface area contributed by atoms with Crippen LogP contribution in [0.1, 0.15) is 31.2 Å². The molecule has 0 amide bonds. The van der Waals surface area contributed by atoms with Crippen LogP contribution in [0.25, 0.3) is 0 Å². The summed E-state index contributed by atoms with van der Waals surface area (Å²) in [5, 5.41) is 3.65. The molecule has 2 aliphatic heterocycles. The van der Waals surface area contributed by atoms with Gasteiger partial charge < -0.3 is 5.32 Å². The summed E-state index contributed by atoms with van der Waals surface area (Å²) in [4.78, 5) is 2.32. The first-order valence-electron chi connectivity index (χ1n) is 6.92. The zero-order valence-electron chi connectivity index (χ0n) is 11.3. The minimum absolute atomic E-state index is 0. The maximum atomic E-state index is 13.6. The van der Waals surface area contributed by atoms with Gasteiger partial charge in [0.2, 0.25) is 0 Å². The Labute approximate surface area is 120 Å². The number of nitrogens with zero attached hydrogens (tertiary/aromatic N) is 1. The van der Waals surface area contributed by atoms with Crippen LogP contribution >= 0.6 is 12.4 Å². The molecule has 106 valence electrons. The molecule has 2 atom stereocenters. The van der Waals surface area contributed by atoms with E-state index in [-0.39, 0.29) is 18.2 Å². The Morgan fingerprint density at radius 2 is 1.84 bits per heavy atom. The Morgan fingerprint density at radius 1 is 1.21 bits per heavy atom. The van der Waals surface area contributed by atoms with Crippen molar-refractivity contribution < 1.29 is 4.39 Å². The van der Waals surface area contributed by atoms with Crippen molar-refractivity contribution in [3.8, 4) is 0 Å². The quantitative estimate of drug-likeness (QED) is 0.918. The summed E-state index contributed by atoms with van der Waals surface area (Å²) < 4.78 is 13.6. The van der Waals surface area contributed by atoms with Crippen molar-refractivity contribution in [3.05, 3.63) is 35.6 Å². The predicted molar refractivity (Wildman–Crippen MR) is 78.1 cm³/mol. The van der Waals surface area contributed by atoms with Crippen molar-refractivity contribution in [2.24, 2.45) is 0 Å². The van der Waals surface area contributed by atoms with Crippen LogP contribution in [0.4, 0.5) is 4.39 Å². The van der Waals surface area contributed by atoms with Crippen molar-refractivity contribution in [1.82, 2.24) is 10.2 Å². The van der Waals surface area contributed by atoms with E-state index in [1.807, 2.05) is 12.1 Å². The van der Waals surface area contributed by atoms with Gasteiger partial charge >= 0.3 is 0 Å². The Morgan fingerprint density at radius 3 is 2.47 bits per heavy atom. The Balaban J connectivity index is 0.00000133. The van der Waals surface area contributed by atoms with Gasteiger partial charge in [-0.25, -0.2) is 4.39 Å². The second kappa shape index (κ2) is 6.21. The van der Waals surface area contributed by atoms with Gasteiger partial charge in [0.15, 0.2) is 0 Å². The Kier molecular flexibility index (Phi) is 4.82. The van der Waals surface area contributed by atoms with Gasteiger partial charge in [-0.15, -0.1) is 12.4 Å². The molecule has 3 rings (SSSR count). The van der Waals surface area contributed by atoms with Gasteiger partial charge in [-0.2, -0.15) is 0 Å². The molecule has 4 heteroatoms. The topological polar surface area (TPSA) is 15.3 Å². The van der Waals surface area contributed by atoms with Crippen molar-refractivity contribution in [2.45, 2.75) is 50.4 Å². The summed E-state index contributed by atoms with van der Waals surface area (Å²) in [6, 6.07) is 9.09. The normalized spacial score (nSPS) is 29.3. The van der Waals surface area contributed by atoms with Crippen molar-refractivity contribution in [1.29, 1.82) is 0 Å². The lowest BCUT2D eigenvalue weighted by atomic mass is 9.98. The summed E-state index contributed by atoms with van der Waals surface area (Å²) >= 11 is 0. The first-order valence-corrected chi connectivity index (χ1v) is 6.92. The molecule has 2 saturated heterocycles. The van der Waals surface area contributed by atoms with E-state index in [1.54, 1.807) is 12.1 Å². The number of halogens is 2. The average molecular weight is 285 g/mol. The van der Waals surface area contributed by atoms with E-state index in [4.69, 9.17) is 0 Å². The zero-order valence-corrected chi connectivity index (χ0v) is 12.1. The van der Waals surface area contributed by atoms with E-state index < -0.39 is 0 Å². The third kappa shape index (κ3) is 3.28. The molecule has 19 heavy (non-hydrogen) atoms. The largest absolute Gasteiger partial charge is 0.311 e. The summed E-state index contributed by atoms with van der Waals surface area (Å²) in [5.74, 6) is -0.0822. The fourth-order valence-corrected chi connectivity index (χ4v) is 3.41. The summed E-state index contributed by atoms with van der Waals surface area (Å²) in [7, 11) is 2.13. The molecular weight excluding hydrogens is 263 g/mol. The van der Waals surface area contributed by atoms with Gasteiger partial charge in [0.1, 0.15) is 5.82 Å². The SMILES string of the molecule is CN(Cc1ccccc1F)C1CC2CCC(C1)N2.Cl. The molecule has 0 spiro atoms. The van der Waals surface area contributed by atoms with Crippen LogP contribution in [-0.4, -0.2) is 30.1 Å². The monoisotopic (exact) mass is 284 g/mol. The van der Waals surface area contributed by atoms with Crippen molar-refractivity contribution >= 4 is 12.4 Å². The fourth-order valence-electron chi connectivity index (χ4n) is 3.41. The molecule has 1 aromatic rings. The van der Waals surface area contributed by atoms with E-state index >= 15 is 0 Å². The van der Waals surface area contributed by atoms with Gasteiger partial charge in [0.05, 0.1) is 0 Å². The number of hydrogen-bond acceptors (Lipinski definition) is 2. The van der Waals surface area contributed by atoms with Gasteiger partial charge in [0, 0.05) is 30.2 Å². The fraction of sp³-hybridized carbons (Fsp3) is 0.600. The summed E-state index contributed by atoms with van der Waals surface area (Å²) in [6.07, 6.45) is 5.05. The molecule has 2 fully saturated rings. The second-order valence-electron chi connectivity index (χ2n) is 5.77. The van der Waals surface area contributed by atoms with Gasteiger partial charge in [0.25, 0.3) is 0 Å². The third-order valence-corrected chi connectivity index (χ3v) is 4.45. The molecule has 2 unspecified atom stereocenters. The van der Waals surface area contributed by atoms with Crippen LogP contribution in [0, 0.1) is 5.82 Å². The zero-order chi connectivity index (χ0) is 12.5. The standard InChI is InChI=1S/C15H21FN2.ClH/c1-18(10-11-4-2-3-5-15(11)16)14-8-12-6-7-13(9-14)17-12;/h2-5,12-14,17H,6-10H2,1H3;1H. The molecule has 2 heterocycles. The first-order chi connectivity index (χ1) is 8.72. The minimum atomic E-state index is -0.0822. The molecular formula is C15H22ClFN2. The van der Waals surface area contributed by atoms with E-state index in [9.17, 15) is 4.39 Å². The Bertz CT molecular complexity index is 414. The molecule has 0 aromatic heterocycles. The lowest BCUT2D eigenvalue weighted by Gasteiger charge is -2.35. The van der Waals surface area contributed by atoms with E-state index in [0.717, 1.165) is 12.1 Å². The molecule has 0 radical (unpaired) electrons. The highest BCUT2D eigenvalue weighted by Gasteiger charge is 2.35. The van der Waals surface area contributed by atoms with Gasteiger partial charge in [-0.1, -0.05) is 18.2 Å². The average Bonchev–Trinajstić information content (AvgIpc) is 2.71. The van der Waals surface area contributed by atoms with Gasteiger partial charge in [-0.3, -0.25) is 4.90 Å². The van der Waals surface area contributed by atoms with Crippen LogP contribution in [0.2, 0.25) is 0 Å². The molecule has 0 aliphatic carbocycles. The molecule has 0 saturated carbocycles. The highest BCUT2D eigenvalue weighted by molar-refractivity contribution is 5.85. The smallest absolute Gasteiger partial charge is 0.127 e. The van der Waals surface area contributed by atoms with Gasteiger partial charge in [-0.05, 0) is 38.8 Å². The molecule has 2 nitrogen and oxygen atoms in total. The van der Waals surface area contributed by atoms with Crippen LogP contribution < -0.4 is 5.32 Å². The Hall–Kier alpha value is -0.640. The van der Waals surface area contributed by atoms with E-state index in [0.29, 0.717) is 18.1 Å². The first kappa shape index (κ1) is 14.8. The number of hydrogen-bond donors (Lipinski definition) is 1. The number of fused-ring (bicyclic) bond motifs is 2. The molecule has 1 N–H and O–H groups in total. The summed E-state index contributed by atoms with van der Waals surface area (Å²) in [5.41, 5.74) is 0.811. The number of nitrogens with one attached hydrogen (secondary N) is 1. The molecule has 1 aromatic carbocycles. The second-order valence-corrected chi connectivity index (χ2v) is 5.77. The number of benzene rings is 1. The van der Waals surface area contributed by atoms with E-state index in [1.165, 1.54) is 25.7 Å². The van der Waals surface area contributed by atoms with Crippen molar-refractivity contribution in [3.63, 3.8) is 0 Å². The van der Waals surface area contributed by atoms with Crippen LogP contribution in [0.5, 0.6) is 0 Å². The van der Waals surface area contributed by atoms with Crippen molar-refractivity contribution in [2.75, 3.05) is 7.05 Å². The highest BCUT2D eigenvalue weighted by atomic mass is 35.5. The number of rotatable bonds is 3. The highest BCUT2D eigenvalue weighted by Crippen LogP contribution is 2.29. The van der Waals surface area contributed by atoms with Crippen LogP contribution in [0.15, 0.2) is 24.3 Å². The van der Waals surface area contributed by atoms with E-state index in [2.05, 4.69) is 17.3 Å².